The molecule has 3 rings (SSSR count). The molecule has 2 heterocycles. The Balaban J connectivity index is 1.67. The Hall–Kier alpha value is -1.55. The molecule has 1 fully saturated rings. The highest BCUT2D eigenvalue weighted by Gasteiger charge is 2.22. The Kier molecular flexibility index (Phi) is 4.21. The van der Waals surface area contributed by atoms with Crippen LogP contribution in [-0.2, 0) is 11.2 Å². The van der Waals surface area contributed by atoms with Crippen molar-refractivity contribution < 1.29 is 4.79 Å². The molecule has 0 spiro atoms. The second kappa shape index (κ2) is 6.27. The normalized spacial score (nSPS) is 19.4. The molecular weight excluding hydrogens is 250 g/mol. The van der Waals surface area contributed by atoms with Crippen molar-refractivity contribution in [3.05, 3.63) is 29.8 Å². The lowest BCUT2D eigenvalue weighted by Crippen LogP contribution is -2.43. The van der Waals surface area contributed by atoms with Gasteiger partial charge in [-0.2, -0.15) is 0 Å². The fourth-order valence-corrected chi connectivity index (χ4v) is 3.13. The Morgan fingerprint density at radius 2 is 2.00 bits per heavy atom. The zero-order valence-corrected chi connectivity index (χ0v) is 12.0. The van der Waals surface area contributed by atoms with Crippen LogP contribution < -0.4 is 10.2 Å². The third kappa shape index (κ3) is 2.96. The van der Waals surface area contributed by atoms with Crippen LogP contribution in [0.1, 0.15) is 18.4 Å². The van der Waals surface area contributed by atoms with Crippen molar-refractivity contribution in [1.29, 1.82) is 0 Å². The van der Waals surface area contributed by atoms with Crippen LogP contribution in [0.3, 0.4) is 0 Å². The molecule has 0 aliphatic carbocycles. The van der Waals surface area contributed by atoms with Gasteiger partial charge >= 0.3 is 0 Å². The zero-order valence-electron chi connectivity index (χ0n) is 12.0. The number of nitrogens with zero attached hydrogens (tertiary/aromatic N) is 2. The van der Waals surface area contributed by atoms with E-state index in [-0.39, 0.29) is 5.91 Å². The van der Waals surface area contributed by atoms with Gasteiger partial charge < -0.3 is 15.1 Å². The molecule has 0 atom stereocenters. The molecule has 0 radical (unpaired) electrons. The summed E-state index contributed by atoms with van der Waals surface area (Å²) in [5.74, 6) is 0.269. The number of nitrogens with one attached hydrogen (secondary N) is 1. The Labute approximate surface area is 120 Å². The van der Waals surface area contributed by atoms with Gasteiger partial charge in [0.1, 0.15) is 0 Å². The summed E-state index contributed by atoms with van der Waals surface area (Å²) in [5, 5.41) is 3.34. The molecule has 108 valence electrons. The van der Waals surface area contributed by atoms with Crippen LogP contribution in [0.15, 0.2) is 24.3 Å². The lowest BCUT2D eigenvalue weighted by atomic mass is 10.0. The summed E-state index contributed by atoms with van der Waals surface area (Å²) in [6.45, 7) is 5.19. The van der Waals surface area contributed by atoms with Gasteiger partial charge in [0.05, 0.1) is 6.54 Å². The highest BCUT2D eigenvalue weighted by atomic mass is 16.2. The van der Waals surface area contributed by atoms with Crippen molar-refractivity contribution in [1.82, 2.24) is 10.2 Å². The van der Waals surface area contributed by atoms with Crippen molar-refractivity contribution in [2.75, 3.05) is 44.2 Å². The Morgan fingerprint density at radius 1 is 1.10 bits per heavy atom. The van der Waals surface area contributed by atoms with E-state index in [0.29, 0.717) is 6.54 Å². The standard InChI is InChI=1S/C16H23N3O/c20-16(18-11-4-8-17-9-12-18)13-19-10-3-6-14-5-1-2-7-15(14)19/h1-2,5,7,17H,3-4,6,8-13H2. The van der Waals surface area contributed by atoms with Crippen molar-refractivity contribution in [3.63, 3.8) is 0 Å². The van der Waals surface area contributed by atoms with E-state index in [9.17, 15) is 4.79 Å². The number of hydrogen-bond acceptors (Lipinski definition) is 3. The molecule has 0 aromatic heterocycles. The minimum atomic E-state index is 0.269. The first kappa shape index (κ1) is 13.4. The molecule has 0 bridgehead atoms. The predicted octanol–water partition coefficient (Wildman–Crippen LogP) is 1.26. The zero-order chi connectivity index (χ0) is 13.8. The molecule has 4 nitrogen and oxygen atoms in total. The van der Waals surface area contributed by atoms with Gasteiger partial charge in [-0.1, -0.05) is 18.2 Å². The van der Waals surface area contributed by atoms with Gasteiger partial charge in [-0.25, -0.2) is 0 Å². The highest BCUT2D eigenvalue weighted by Crippen LogP contribution is 2.26. The number of fused-ring (bicyclic) bond motifs is 1. The first-order chi connectivity index (χ1) is 9.84. The van der Waals surface area contributed by atoms with E-state index >= 15 is 0 Å². The summed E-state index contributed by atoms with van der Waals surface area (Å²) in [4.78, 5) is 16.7. The van der Waals surface area contributed by atoms with Crippen LogP contribution in [0.5, 0.6) is 0 Å². The molecule has 4 heteroatoms. The number of aryl methyl sites for hydroxylation is 1. The first-order valence-corrected chi connectivity index (χ1v) is 7.66. The van der Waals surface area contributed by atoms with Crippen molar-refractivity contribution in [2.24, 2.45) is 0 Å². The maximum Gasteiger partial charge on any atom is 0.242 e. The summed E-state index contributed by atoms with van der Waals surface area (Å²) in [6, 6.07) is 8.48. The maximum absolute atomic E-state index is 12.5. The maximum atomic E-state index is 12.5. The summed E-state index contributed by atoms with van der Waals surface area (Å²) in [7, 11) is 0. The summed E-state index contributed by atoms with van der Waals surface area (Å²) in [6.07, 6.45) is 3.34. The van der Waals surface area contributed by atoms with E-state index in [4.69, 9.17) is 0 Å². The smallest absolute Gasteiger partial charge is 0.242 e. The first-order valence-electron chi connectivity index (χ1n) is 7.66. The second-order valence-electron chi connectivity index (χ2n) is 5.64. The molecule has 0 saturated carbocycles. The molecule has 1 saturated heterocycles. The largest absolute Gasteiger partial charge is 0.362 e. The minimum absolute atomic E-state index is 0.269. The molecule has 0 unspecified atom stereocenters. The van der Waals surface area contributed by atoms with Crippen LogP contribution in [0, 0.1) is 0 Å². The fraction of sp³-hybridized carbons (Fsp3) is 0.562. The van der Waals surface area contributed by atoms with E-state index in [1.54, 1.807) is 0 Å². The van der Waals surface area contributed by atoms with Crippen LogP contribution in [0.4, 0.5) is 5.69 Å². The number of rotatable bonds is 2. The molecular formula is C16H23N3O. The molecule has 20 heavy (non-hydrogen) atoms. The third-order valence-electron chi connectivity index (χ3n) is 4.23. The fourth-order valence-electron chi connectivity index (χ4n) is 3.13. The van der Waals surface area contributed by atoms with E-state index in [0.717, 1.165) is 52.0 Å². The lowest BCUT2D eigenvalue weighted by Gasteiger charge is -2.32. The van der Waals surface area contributed by atoms with Crippen molar-refractivity contribution in [3.8, 4) is 0 Å². The monoisotopic (exact) mass is 273 g/mol. The van der Waals surface area contributed by atoms with Gasteiger partial charge in [-0.05, 0) is 37.4 Å². The summed E-state index contributed by atoms with van der Waals surface area (Å²) in [5.41, 5.74) is 2.63. The van der Waals surface area contributed by atoms with Crippen LogP contribution in [0.2, 0.25) is 0 Å². The Morgan fingerprint density at radius 3 is 2.95 bits per heavy atom. The topological polar surface area (TPSA) is 35.6 Å². The number of hydrogen-bond donors (Lipinski definition) is 1. The molecule has 1 aromatic rings. The number of anilines is 1. The average molecular weight is 273 g/mol. The number of benzene rings is 1. The number of carbonyl (C=O) groups is 1. The quantitative estimate of drug-likeness (QED) is 0.881. The van der Waals surface area contributed by atoms with Gasteiger partial charge in [0.2, 0.25) is 5.91 Å². The van der Waals surface area contributed by atoms with Gasteiger partial charge in [0.15, 0.2) is 0 Å². The molecule has 2 aliphatic heterocycles. The van der Waals surface area contributed by atoms with Crippen molar-refractivity contribution >= 4 is 11.6 Å². The summed E-state index contributed by atoms with van der Waals surface area (Å²) >= 11 is 0. The SMILES string of the molecule is O=C(CN1CCCc2ccccc21)N1CCCNCC1. The van der Waals surface area contributed by atoms with E-state index in [1.807, 2.05) is 4.90 Å². The van der Waals surface area contributed by atoms with E-state index < -0.39 is 0 Å². The van der Waals surface area contributed by atoms with Gasteiger partial charge in [-0.3, -0.25) is 4.79 Å². The van der Waals surface area contributed by atoms with Gasteiger partial charge in [-0.15, -0.1) is 0 Å². The molecule has 1 N–H and O–H groups in total. The number of carbonyl (C=O) groups excluding carboxylic acids is 1. The number of para-hydroxylation sites is 1. The third-order valence-corrected chi connectivity index (χ3v) is 4.23. The Bertz CT molecular complexity index is 467. The highest BCUT2D eigenvalue weighted by molar-refractivity contribution is 5.82. The predicted molar refractivity (Wildman–Crippen MR) is 81.0 cm³/mol. The van der Waals surface area contributed by atoms with Gasteiger partial charge in [0.25, 0.3) is 0 Å². The average Bonchev–Trinajstić information content (AvgIpc) is 2.77. The van der Waals surface area contributed by atoms with E-state index in [1.165, 1.54) is 11.3 Å². The second-order valence-corrected chi connectivity index (χ2v) is 5.64. The minimum Gasteiger partial charge on any atom is -0.362 e. The van der Waals surface area contributed by atoms with Crippen LogP contribution >= 0.6 is 0 Å². The molecule has 1 amide bonds. The van der Waals surface area contributed by atoms with E-state index in [2.05, 4.69) is 34.5 Å². The van der Waals surface area contributed by atoms with Crippen LogP contribution in [-0.4, -0.2) is 50.1 Å². The number of amides is 1. The lowest BCUT2D eigenvalue weighted by molar-refractivity contribution is -0.129. The molecule has 1 aromatic carbocycles. The van der Waals surface area contributed by atoms with Crippen LogP contribution in [0.25, 0.3) is 0 Å². The van der Waals surface area contributed by atoms with Crippen molar-refractivity contribution in [2.45, 2.75) is 19.3 Å². The summed E-state index contributed by atoms with van der Waals surface area (Å²) < 4.78 is 0. The van der Waals surface area contributed by atoms with Gasteiger partial charge in [0, 0.05) is 31.9 Å². The molecule has 2 aliphatic rings.